The van der Waals surface area contributed by atoms with Crippen LogP contribution in [0.2, 0.25) is 0 Å². The smallest absolute Gasteiger partial charge is 0.691 e. The molecule has 0 saturated heterocycles. The summed E-state index contributed by atoms with van der Waals surface area (Å²) in [6, 6.07) is 8.78. The molecule has 0 radical (unpaired) electrons. The van der Waals surface area contributed by atoms with Crippen molar-refractivity contribution in [1.82, 2.24) is 0 Å². The minimum atomic E-state index is -1.51. The number of aryl methyl sites for hydroxylation is 1. The van der Waals surface area contributed by atoms with Crippen LogP contribution in [0.3, 0.4) is 0 Å². The molecule has 1 N–H and O–H groups in total. The number of azo groups is 1. The molecule has 0 unspecified atom stereocenters. The van der Waals surface area contributed by atoms with E-state index in [2.05, 4.69) is 19.6 Å². The number of hydrogen-bond acceptors (Lipinski definition) is 9. The molecule has 2 rings (SSSR count). The monoisotopic (exact) mass is 380 g/mol. The van der Waals surface area contributed by atoms with Crippen LogP contribution in [0.1, 0.15) is 15.9 Å². The Hall–Kier alpha value is -0.460. The van der Waals surface area contributed by atoms with Gasteiger partial charge in [0.2, 0.25) is 0 Å². The molecule has 0 bridgehead atoms. The molecule has 2 aromatic rings. The van der Waals surface area contributed by atoms with Crippen molar-refractivity contribution in [3.8, 4) is 5.75 Å². The summed E-state index contributed by atoms with van der Waals surface area (Å²) in [5.41, 5.74) is 1.16. The summed E-state index contributed by atoms with van der Waals surface area (Å²) >= 11 is 0.736. The zero-order valence-corrected chi connectivity index (χ0v) is 18.6. The second kappa shape index (κ2) is 12.0. The Morgan fingerprint density at radius 1 is 1.12 bits per heavy atom. The zero-order chi connectivity index (χ0) is 16.8. The van der Waals surface area contributed by atoms with E-state index in [1.807, 2.05) is 6.92 Å². The van der Waals surface area contributed by atoms with Crippen LogP contribution in [0.4, 0.5) is 11.4 Å². The first-order valence-corrected chi connectivity index (χ1v) is 6.95. The number of aromatic carboxylic acids is 1. The van der Waals surface area contributed by atoms with Crippen LogP contribution in [-0.4, -0.2) is 11.1 Å². The summed E-state index contributed by atoms with van der Waals surface area (Å²) in [5, 5.41) is 41.2. The molecule has 0 aromatic heterocycles. The number of benzene rings is 2. The van der Waals surface area contributed by atoms with Crippen molar-refractivity contribution in [3.63, 3.8) is 0 Å². The van der Waals surface area contributed by atoms with Gasteiger partial charge in [-0.15, -0.1) is 0 Å². The fourth-order valence-corrected chi connectivity index (χ4v) is 2.13. The normalized spacial score (nSPS) is 10.2. The van der Waals surface area contributed by atoms with Gasteiger partial charge in [0.25, 0.3) is 0 Å². The molecule has 0 aliphatic heterocycles. The molecule has 0 amide bonds. The number of carbonyl (C=O) groups is 1. The van der Waals surface area contributed by atoms with E-state index in [-0.39, 0.29) is 70.4 Å². The van der Waals surface area contributed by atoms with Gasteiger partial charge in [-0.05, 0) is 42.8 Å². The third-order valence-electron chi connectivity index (χ3n) is 2.80. The number of aromatic hydroxyl groups is 1. The fraction of sp³-hybridized carbons (Fsp3) is 0.0714. The van der Waals surface area contributed by atoms with E-state index in [9.17, 15) is 20.3 Å². The van der Waals surface area contributed by atoms with Gasteiger partial charge in [0, 0.05) is 10.5 Å². The quantitative estimate of drug-likeness (QED) is 0.177. The summed E-state index contributed by atoms with van der Waals surface area (Å²) in [5.74, 6) is -1.92. The Morgan fingerprint density at radius 3 is 2.32 bits per heavy atom. The van der Waals surface area contributed by atoms with Gasteiger partial charge in [0.15, 0.2) is 0 Å². The maximum absolute atomic E-state index is 10.8. The Kier molecular flexibility index (Phi) is 11.8. The average Bonchev–Trinajstić information content (AvgIpc) is 2.53. The van der Waals surface area contributed by atoms with E-state index in [0.29, 0.717) is 10.6 Å². The van der Waals surface area contributed by atoms with Gasteiger partial charge in [-0.3, -0.25) is 5.04 Å². The van der Waals surface area contributed by atoms with Crippen molar-refractivity contribution >= 4 is 29.4 Å². The third kappa shape index (κ3) is 7.35. The van der Waals surface area contributed by atoms with Crippen LogP contribution < -0.4 is 69.5 Å². The molecule has 2 aromatic carbocycles. The number of carboxylic acid groups (broad SMARTS) is 1. The number of carboxylic acids is 1. The van der Waals surface area contributed by atoms with E-state index in [0.717, 1.165) is 23.7 Å². The fourth-order valence-electron chi connectivity index (χ4n) is 1.66. The molecule has 8 nitrogen and oxygen atoms in total. The summed E-state index contributed by atoms with van der Waals surface area (Å²) < 4.78 is 4.26. The first kappa shape index (κ1) is 24.5. The predicted octanol–water partition coefficient (Wildman–Crippen LogP) is -4.28. The zero-order valence-electron chi connectivity index (χ0n) is 13.8. The van der Waals surface area contributed by atoms with E-state index in [4.69, 9.17) is 0 Å². The maximum Gasteiger partial charge on any atom is 1.00 e. The standard InChI is InChI=1S/C14H12N2O6S.2Na/c1-8-2-3-10(7-13(8)23-22-21-20)16-15-9-4-5-12(17)11(6-9)14(18)19;;/h2-7,17,20H,1H3,(H,18,19);;/q;2*+1/p-2. The first-order chi connectivity index (χ1) is 11.0. The van der Waals surface area contributed by atoms with E-state index in [1.54, 1.807) is 18.2 Å². The van der Waals surface area contributed by atoms with Crippen molar-refractivity contribution in [3.05, 3.63) is 47.5 Å². The number of hydrogen-bond donors (Lipinski definition) is 1. The topological polar surface area (TPSA) is 127 Å². The van der Waals surface area contributed by atoms with Crippen LogP contribution in [0.5, 0.6) is 5.75 Å². The Bertz CT molecular complexity index is 760. The maximum atomic E-state index is 10.8. The van der Waals surface area contributed by atoms with Crippen molar-refractivity contribution in [2.75, 3.05) is 0 Å². The molecule has 11 heteroatoms. The third-order valence-corrected chi connectivity index (χ3v) is 3.55. The second-order valence-corrected chi connectivity index (χ2v) is 5.10. The molecule has 120 valence electrons. The molecule has 0 atom stereocenters. The van der Waals surface area contributed by atoms with Gasteiger partial charge in [-0.1, -0.05) is 6.07 Å². The molecule has 0 heterocycles. The van der Waals surface area contributed by atoms with Crippen LogP contribution in [0.15, 0.2) is 51.5 Å². The van der Waals surface area contributed by atoms with Gasteiger partial charge in [0.1, 0.15) is 5.75 Å². The molecule has 0 saturated carbocycles. The van der Waals surface area contributed by atoms with Crippen LogP contribution >= 0.6 is 12.0 Å². The van der Waals surface area contributed by atoms with Gasteiger partial charge >= 0.3 is 59.1 Å². The molecular formula is C14H10N2Na2O6S. The summed E-state index contributed by atoms with van der Waals surface area (Å²) in [6.45, 7) is 1.81. The van der Waals surface area contributed by atoms with E-state index < -0.39 is 11.7 Å². The largest absolute Gasteiger partial charge is 1.00 e. The number of carbonyl (C=O) groups excluding carboxylic acids is 1. The van der Waals surface area contributed by atoms with Gasteiger partial charge in [0.05, 0.1) is 29.4 Å². The van der Waals surface area contributed by atoms with E-state index >= 15 is 0 Å². The van der Waals surface area contributed by atoms with Gasteiger partial charge in [-0.25, -0.2) is 0 Å². The van der Waals surface area contributed by atoms with Gasteiger partial charge < -0.3 is 20.3 Å². The number of rotatable bonds is 6. The average molecular weight is 380 g/mol. The van der Waals surface area contributed by atoms with Crippen molar-refractivity contribution in [1.29, 1.82) is 0 Å². The van der Waals surface area contributed by atoms with Crippen LogP contribution in [0.25, 0.3) is 0 Å². The summed E-state index contributed by atoms with van der Waals surface area (Å²) in [6.07, 6.45) is 0. The summed E-state index contributed by atoms with van der Waals surface area (Å²) in [7, 11) is 0. The molecule has 0 spiro atoms. The van der Waals surface area contributed by atoms with Crippen molar-refractivity contribution < 1.29 is 88.8 Å². The van der Waals surface area contributed by atoms with E-state index in [1.165, 1.54) is 12.1 Å². The SMILES string of the molecule is Cc1ccc(N=Nc2ccc(O)c(C(=O)[O-])c2)cc1SOO[O-].[Na+].[Na+]. The van der Waals surface area contributed by atoms with Gasteiger partial charge in [-0.2, -0.15) is 14.6 Å². The Morgan fingerprint density at radius 2 is 1.72 bits per heavy atom. The predicted molar refractivity (Wildman–Crippen MR) is 75.8 cm³/mol. The number of phenols is 1. The minimum absolute atomic E-state index is 0. The Labute approximate surface area is 191 Å². The van der Waals surface area contributed by atoms with Crippen molar-refractivity contribution in [2.24, 2.45) is 10.2 Å². The van der Waals surface area contributed by atoms with Crippen molar-refractivity contribution in [2.45, 2.75) is 11.8 Å². The second-order valence-electron chi connectivity index (χ2n) is 4.36. The molecule has 25 heavy (non-hydrogen) atoms. The summed E-state index contributed by atoms with van der Waals surface area (Å²) in [4.78, 5) is 11.4. The molecule has 0 aliphatic rings. The number of nitrogens with zero attached hydrogens (tertiary/aromatic N) is 2. The molecule has 0 aliphatic carbocycles. The Balaban J connectivity index is 0.00000288. The van der Waals surface area contributed by atoms with Crippen LogP contribution in [-0.2, 0) is 9.37 Å². The van der Waals surface area contributed by atoms with Crippen LogP contribution in [0, 0.1) is 6.92 Å². The molecule has 0 fully saturated rings. The minimum Gasteiger partial charge on any atom is -0.691 e. The first-order valence-electron chi connectivity index (χ1n) is 6.21. The molecular weight excluding hydrogens is 370 g/mol.